The van der Waals surface area contributed by atoms with Gasteiger partial charge in [-0.25, -0.2) is 13.6 Å². The molecule has 1 heterocycles. The number of piperidine rings is 1. The first-order chi connectivity index (χ1) is 9.74. The Kier molecular flexibility index (Phi) is 4.36. The summed E-state index contributed by atoms with van der Waals surface area (Å²) in [5.41, 5.74) is 0.520. The summed E-state index contributed by atoms with van der Waals surface area (Å²) in [6, 6.07) is 4.70. The Morgan fingerprint density at radius 2 is 1.95 bits per heavy atom. The molecule has 1 saturated heterocycles. The van der Waals surface area contributed by atoms with Gasteiger partial charge in [0.05, 0.1) is 4.90 Å². The quantitative estimate of drug-likeness (QED) is 0.774. The van der Waals surface area contributed by atoms with Crippen molar-refractivity contribution < 1.29 is 13.2 Å². The first-order valence-electron chi connectivity index (χ1n) is 6.89. The van der Waals surface area contributed by atoms with Crippen LogP contribution in [0.15, 0.2) is 23.1 Å². The Hall–Kier alpha value is -1.44. The maximum Gasteiger partial charge on any atom is 0.238 e. The fourth-order valence-electron chi connectivity index (χ4n) is 2.54. The van der Waals surface area contributed by atoms with Gasteiger partial charge in [-0.1, -0.05) is 13.0 Å². The van der Waals surface area contributed by atoms with E-state index in [4.69, 9.17) is 5.14 Å². The number of rotatable bonds is 3. The molecule has 1 aliphatic heterocycles. The van der Waals surface area contributed by atoms with Gasteiger partial charge in [0.2, 0.25) is 15.9 Å². The van der Waals surface area contributed by atoms with E-state index in [1.54, 1.807) is 19.1 Å². The molecule has 1 amide bonds. The molecule has 1 aliphatic rings. The van der Waals surface area contributed by atoms with Gasteiger partial charge in [-0.05, 0) is 50.6 Å². The van der Waals surface area contributed by atoms with E-state index in [0.717, 1.165) is 25.9 Å². The Morgan fingerprint density at radius 1 is 1.33 bits per heavy atom. The standard InChI is InChI=1S/C14H21N3O3S/c1-10-11(4-3-5-12(10)21(15,19)20)17-13(18)14(2)6-8-16-9-7-14/h3-5,16H,6-9H2,1-2H3,(H,17,18)(H2,15,19,20). The van der Waals surface area contributed by atoms with Crippen LogP contribution in [0.5, 0.6) is 0 Å². The topological polar surface area (TPSA) is 101 Å². The summed E-state index contributed by atoms with van der Waals surface area (Å²) in [7, 11) is -3.79. The van der Waals surface area contributed by atoms with Gasteiger partial charge in [-0.2, -0.15) is 0 Å². The van der Waals surface area contributed by atoms with Crippen molar-refractivity contribution in [3.05, 3.63) is 23.8 Å². The molecule has 2 rings (SSSR count). The smallest absolute Gasteiger partial charge is 0.238 e. The Labute approximate surface area is 125 Å². The molecule has 0 unspecified atom stereocenters. The number of carbonyl (C=O) groups excluding carboxylic acids is 1. The van der Waals surface area contributed by atoms with Gasteiger partial charge in [0, 0.05) is 11.1 Å². The lowest BCUT2D eigenvalue weighted by Gasteiger charge is -2.32. The van der Waals surface area contributed by atoms with E-state index >= 15 is 0 Å². The minimum Gasteiger partial charge on any atom is -0.325 e. The second kappa shape index (κ2) is 5.75. The SMILES string of the molecule is Cc1c(NC(=O)C2(C)CCNCC2)cccc1S(N)(=O)=O. The number of hydrogen-bond acceptors (Lipinski definition) is 4. The van der Waals surface area contributed by atoms with Crippen molar-refractivity contribution in [2.24, 2.45) is 10.6 Å². The van der Waals surface area contributed by atoms with Gasteiger partial charge in [0.1, 0.15) is 0 Å². The zero-order valence-corrected chi connectivity index (χ0v) is 13.1. The minimum atomic E-state index is -3.79. The summed E-state index contributed by atoms with van der Waals surface area (Å²) < 4.78 is 23.0. The fraction of sp³-hybridized carbons (Fsp3) is 0.500. The summed E-state index contributed by atoms with van der Waals surface area (Å²) in [6.45, 7) is 5.18. The third-order valence-electron chi connectivity index (χ3n) is 4.09. The van der Waals surface area contributed by atoms with Crippen molar-refractivity contribution >= 4 is 21.6 Å². The van der Waals surface area contributed by atoms with Crippen LogP contribution >= 0.6 is 0 Å². The van der Waals surface area contributed by atoms with E-state index in [2.05, 4.69) is 10.6 Å². The Bertz CT molecular complexity index is 649. The van der Waals surface area contributed by atoms with Crippen LogP contribution < -0.4 is 15.8 Å². The molecular weight excluding hydrogens is 290 g/mol. The summed E-state index contributed by atoms with van der Waals surface area (Å²) in [5, 5.41) is 11.2. The second-order valence-electron chi connectivity index (χ2n) is 5.74. The molecule has 0 spiro atoms. The van der Waals surface area contributed by atoms with Gasteiger partial charge in [-0.3, -0.25) is 4.79 Å². The second-order valence-corrected chi connectivity index (χ2v) is 7.27. The monoisotopic (exact) mass is 311 g/mol. The van der Waals surface area contributed by atoms with Gasteiger partial charge in [-0.15, -0.1) is 0 Å². The molecule has 4 N–H and O–H groups in total. The van der Waals surface area contributed by atoms with Crippen LogP contribution in [0.1, 0.15) is 25.3 Å². The summed E-state index contributed by atoms with van der Waals surface area (Å²) in [4.78, 5) is 12.5. The van der Waals surface area contributed by atoms with E-state index < -0.39 is 15.4 Å². The van der Waals surface area contributed by atoms with Crippen molar-refractivity contribution in [2.45, 2.75) is 31.6 Å². The third-order valence-corrected chi connectivity index (χ3v) is 5.15. The average Bonchev–Trinajstić information content (AvgIpc) is 2.40. The first kappa shape index (κ1) is 15.9. The van der Waals surface area contributed by atoms with Crippen molar-refractivity contribution in [1.29, 1.82) is 0 Å². The molecule has 6 nitrogen and oxygen atoms in total. The highest BCUT2D eigenvalue weighted by molar-refractivity contribution is 7.89. The van der Waals surface area contributed by atoms with Crippen LogP contribution in [0.2, 0.25) is 0 Å². The van der Waals surface area contributed by atoms with E-state index in [1.807, 2.05) is 6.92 Å². The summed E-state index contributed by atoms with van der Waals surface area (Å²) >= 11 is 0. The van der Waals surface area contributed by atoms with Gasteiger partial charge >= 0.3 is 0 Å². The van der Waals surface area contributed by atoms with Crippen LogP contribution in [-0.4, -0.2) is 27.4 Å². The lowest BCUT2D eigenvalue weighted by molar-refractivity contribution is -0.126. The molecule has 0 saturated carbocycles. The molecule has 1 aromatic rings. The van der Waals surface area contributed by atoms with E-state index in [-0.39, 0.29) is 10.8 Å². The van der Waals surface area contributed by atoms with Crippen LogP contribution in [0.4, 0.5) is 5.69 Å². The molecule has 7 heteroatoms. The molecule has 0 bridgehead atoms. The molecule has 0 aliphatic carbocycles. The molecular formula is C14H21N3O3S. The maximum absolute atomic E-state index is 12.5. The number of hydrogen-bond donors (Lipinski definition) is 3. The van der Waals surface area contributed by atoms with Crippen molar-refractivity contribution in [1.82, 2.24) is 5.32 Å². The van der Waals surface area contributed by atoms with Gasteiger partial charge in [0.25, 0.3) is 0 Å². The maximum atomic E-state index is 12.5. The number of amides is 1. The lowest BCUT2D eigenvalue weighted by Crippen LogP contribution is -2.43. The number of primary sulfonamides is 1. The number of carbonyl (C=O) groups is 1. The Balaban J connectivity index is 2.26. The third kappa shape index (κ3) is 3.42. The lowest BCUT2D eigenvalue weighted by atomic mass is 9.80. The number of nitrogens with two attached hydrogens (primary N) is 1. The Morgan fingerprint density at radius 3 is 2.52 bits per heavy atom. The van der Waals surface area contributed by atoms with E-state index in [9.17, 15) is 13.2 Å². The zero-order valence-electron chi connectivity index (χ0n) is 12.3. The minimum absolute atomic E-state index is 0.0377. The van der Waals surface area contributed by atoms with Crippen LogP contribution in [0.3, 0.4) is 0 Å². The fourth-order valence-corrected chi connectivity index (χ4v) is 3.34. The largest absolute Gasteiger partial charge is 0.325 e. The van der Waals surface area contributed by atoms with Crippen LogP contribution in [0, 0.1) is 12.3 Å². The highest BCUT2D eigenvalue weighted by Crippen LogP contribution is 2.31. The number of nitrogens with one attached hydrogen (secondary N) is 2. The van der Waals surface area contributed by atoms with Crippen molar-refractivity contribution in [2.75, 3.05) is 18.4 Å². The number of benzene rings is 1. The molecule has 0 aromatic heterocycles. The predicted octanol–water partition coefficient (Wildman–Crippen LogP) is 0.971. The number of sulfonamides is 1. The van der Waals surface area contributed by atoms with Gasteiger partial charge < -0.3 is 10.6 Å². The predicted molar refractivity (Wildman–Crippen MR) is 81.4 cm³/mol. The molecule has 21 heavy (non-hydrogen) atoms. The van der Waals surface area contributed by atoms with E-state index in [0.29, 0.717) is 11.3 Å². The molecule has 0 atom stereocenters. The molecule has 116 valence electrons. The van der Waals surface area contributed by atoms with Crippen molar-refractivity contribution in [3.63, 3.8) is 0 Å². The first-order valence-corrected chi connectivity index (χ1v) is 8.43. The van der Waals surface area contributed by atoms with Crippen LogP contribution in [-0.2, 0) is 14.8 Å². The average molecular weight is 311 g/mol. The van der Waals surface area contributed by atoms with Gasteiger partial charge in [0.15, 0.2) is 0 Å². The van der Waals surface area contributed by atoms with E-state index in [1.165, 1.54) is 6.07 Å². The zero-order chi connectivity index (χ0) is 15.7. The normalized spacial score (nSPS) is 18.2. The number of anilines is 1. The summed E-state index contributed by atoms with van der Waals surface area (Å²) in [6.07, 6.45) is 1.51. The van der Waals surface area contributed by atoms with Crippen LogP contribution in [0.25, 0.3) is 0 Å². The summed E-state index contributed by atoms with van der Waals surface area (Å²) in [5.74, 6) is -0.0846. The molecule has 1 fully saturated rings. The molecule has 1 aromatic carbocycles. The highest BCUT2D eigenvalue weighted by Gasteiger charge is 2.34. The highest BCUT2D eigenvalue weighted by atomic mass is 32.2. The van der Waals surface area contributed by atoms with Crippen molar-refractivity contribution in [3.8, 4) is 0 Å². The molecule has 0 radical (unpaired) electrons.